The van der Waals surface area contributed by atoms with Gasteiger partial charge in [0, 0.05) is 34.9 Å². The summed E-state index contributed by atoms with van der Waals surface area (Å²) in [6.07, 6.45) is 6.73. The van der Waals surface area contributed by atoms with E-state index in [0.717, 1.165) is 19.7 Å². The first-order valence-electron chi connectivity index (χ1n) is 6.67. The Morgan fingerprint density at radius 1 is 1.44 bits per heavy atom. The van der Waals surface area contributed by atoms with Crippen LogP contribution in [0.25, 0.3) is 0 Å². The fraction of sp³-hybridized carbons (Fsp3) is 0.714. The summed E-state index contributed by atoms with van der Waals surface area (Å²) in [5.74, 6) is 0. The van der Waals surface area contributed by atoms with Gasteiger partial charge in [-0.2, -0.15) is 0 Å². The fourth-order valence-corrected chi connectivity index (χ4v) is 4.51. The third-order valence-corrected chi connectivity index (χ3v) is 5.52. The second kappa shape index (κ2) is 7.04. The van der Waals surface area contributed by atoms with E-state index in [9.17, 15) is 0 Å². The van der Waals surface area contributed by atoms with Gasteiger partial charge in [0.1, 0.15) is 0 Å². The number of hydrogen-bond donors (Lipinski definition) is 1. The van der Waals surface area contributed by atoms with E-state index in [0.29, 0.717) is 5.41 Å². The minimum absolute atomic E-state index is 0.484. The van der Waals surface area contributed by atoms with Crippen LogP contribution in [0.1, 0.15) is 30.6 Å². The predicted molar refractivity (Wildman–Crippen MR) is 81.4 cm³/mol. The topological polar surface area (TPSA) is 21.3 Å². The van der Waals surface area contributed by atoms with Gasteiger partial charge in [0.25, 0.3) is 0 Å². The molecule has 0 radical (unpaired) electrons. The standard InChI is InChI=1S/C14H22BrNOS/c1-17-7-6-16-11-14(4-2-3-5-14)9-13-8-12(15)10-18-13/h8,10,16H,2-7,9,11H2,1H3. The minimum atomic E-state index is 0.484. The second-order valence-corrected chi connectivity index (χ2v) is 7.20. The molecule has 0 unspecified atom stereocenters. The molecule has 1 aromatic heterocycles. The summed E-state index contributed by atoms with van der Waals surface area (Å²) in [4.78, 5) is 1.51. The number of rotatable bonds is 7. The van der Waals surface area contributed by atoms with Gasteiger partial charge in [-0.1, -0.05) is 12.8 Å². The zero-order chi connectivity index (χ0) is 12.8. The summed E-state index contributed by atoms with van der Waals surface area (Å²) in [7, 11) is 1.76. The molecule has 0 aliphatic heterocycles. The van der Waals surface area contributed by atoms with Gasteiger partial charge >= 0.3 is 0 Å². The maximum atomic E-state index is 5.09. The smallest absolute Gasteiger partial charge is 0.0587 e. The van der Waals surface area contributed by atoms with Crippen LogP contribution in [0.3, 0.4) is 0 Å². The lowest BCUT2D eigenvalue weighted by Gasteiger charge is -2.29. The Hall–Kier alpha value is 0.1000. The summed E-state index contributed by atoms with van der Waals surface area (Å²) < 4.78 is 6.32. The summed E-state index contributed by atoms with van der Waals surface area (Å²) in [6.45, 7) is 2.90. The lowest BCUT2D eigenvalue weighted by molar-refractivity contribution is 0.190. The van der Waals surface area contributed by atoms with Crippen molar-refractivity contribution in [2.45, 2.75) is 32.1 Å². The zero-order valence-electron chi connectivity index (χ0n) is 11.0. The Labute approximate surface area is 122 Å². The van der Waals surface area contributed by atoms with Crippen LogP contribution in [0.15, 0.2) is 15.9 Å². The first-order chi connectivity index (χ1) is 8.74. The van der Waals surface area contributed by atoms with Gasteiger partial charge in [-0.25, -0.2) is 0 Å². The normalized spacial score (nSPS) is 18.3. The molecule has 18 heavy (non-hydrogen) atoms. The van der Waals surface area contributed by atoms with Crippen molar-refractivity contribution in [2.75, 3.05) is 26.8 Å². The largest absolute Gasteiger partial charge is 0.383 e. The number of methoxy groups -OCH3 is 1. The first-order valence-corrected chi connectivity index (χ1v) is 8.34. The molecule has 2 nitrogen and oxygen atoms in total. The van der Waals surface area contributed by atoms with E-state index < -0.39 is 0 Å². The molecule has 0 amide bonds. The van der Waals surface area contributed by atoms with E-state index in [1.54, 1.807) is 7.11 Å². The molecule has 0 bridgehead atoms. The number of ether oxygens (including phenoxy) is 1. The Morgan fingerprint density at radius 2 is 2.22 bits per heavy atom. The van der Waals surface area contributed by atoms with Crippen molar-refractivity contribution in [3.63, 3.8) is 0 Å². The minimum Gasteiger partial charge on any atom is -0.383 e. The molecule has 1 heterocycles. The molecular weight excluding hydrogens is 310 g/mol. The molecule has 0 aromatic carbocycles. The third-order valence-electron chi connectivity index (χ3n) is 3.82. The fourth-order valence-electron chi connectivity index (χ4n) is 2.88. The number of thiophene rings is 1. The van der Waals surface area contributed by atoms with E-state index >= 15 is 0 Å². The van der Waals surface area contributed by atoms with Crippen molar-refractivity contribution in [1.29, 1.82) is 0 Å². The van der Waals surface area contributed by atoms with Crippen LogP contribution in [0.5, 0.6) is 0 Å². The van der Waals surface area contributed by atoms with Crippen molar-refractivity contribution in [1.82, 2.24) is 5.32 Å². The van der Waals surface area contributed by atoms with Crippen molar-refractivity contribution in [3.8, 4) is 0 Å². The molecule has 102 valence electrons. The molecule has 1 N–H and O–H groups in total. The Morgan fingerprint density at radius 3 is 2.83 bits per heavy atom. The Bertz CT molecular complexity index is 360. The summed E-state index contributed by atoms with van der Waals surface area (Å²) in [5.41, 5.74) is 0.484. The van der Waals surface area contributed by atoms with E-state index in [-0.39, 0.29) is 0 Å². The van der Waals surface area contributed by atoms with E-state index in [4.69, 9.17) is 4.74 Å². The van der Waals surface area contributed by atoms with Crippen LogP contribution in [-0.4, -0.2) is 26.8 Å². The van der Waals surface area contributed by atoms with Crippen LogP contribution >= 0.6 is 27.3 Å². The van der Waals surface area contributed by atoms with Gasteiger partial charge in [0.2, 0.25) is 0 Å². The quantitative estimate of drug-likeness (QED) is 0.766. The Balaban J connectivity index is 1.89. The molecule has 2 rings (SSSR count). The van der Waals surface area contributed by atoms with Crippen molar-refractivity contribution in [3.05, 3.63) is 20.8 Å². The van der Waals surface area contributed by atoms with E-state index in [2.05, 4.69) is 32.7 Å². The van der Waals surface area contributed by atoms with Crippen LogP contribution in [0.2, 0.25) is 0 Å². The van der Waals surface area contributed by atoms with Crippen LogP contribution in [0, 0.1) is 5.41 Å². The zero-order valence-corrected chi connectivity index (χ0v) is 13.4. The molecule has 1 fully saturated rings. The number of nitrogens with one attached hydrogen (secondary N) is 1. The highest BCUT2D eigenvalue weighted by Gasteiger charge is 2.33. The lowest BCUT2D eigenvalue weighted by Crippen LogP contribution is -2.35. The average molecular weight is 332 g/mol. The molecule has 0 spiro atoms. The lowest BCUT2D eigenvalue weighted by atomic mass is 9.82. The molecule has 4 heteroatoms. The SMILES string of the molecule is COCCNCC1(Cc2cc(Br)cs2)CCCC1. The monoisotopic (exact) mass is 331 g/mol. The summed E-state index contributed by atoms with van der Waals surface area (Å²) in [5, 5.41) is 5.75. The molecule has 1 aliphatic carbocycles. The van der Waals surface area contributed by atoms with Crippen molar-refractivity contribution < 1.29 is 4.74 Å². The van der Waals surface area contributed by atoms with Gasteiger partial charge in [-0.3, -0.25) is 0 Å². The highest BCUT2D eigenvalue weighted by Crippen LogP contribution is 2.41. The molecule has 1 saturated carbocycles. The van der Waals surface area contributed by atoms with Crippen molar-refractivity contribution >= 4 is 27.3 Å². The summed E-state index contributed by atoms with van der Waals surface area (Å²) >= 11 is 5.43. The molecule has 0 saturated heterocycles. The van der Waals surface area contributed by atoms with Gasteiger partial charge in [-0.15, -0.1) is 11.3 Å². The van der Waals surface area contributed by atoms with Gasteiger partial charge in [-0.05, 0) is 46.7 Å². The van der Waals surface area contributed by atoms with Crippen molar-refractivity contribution in [2.24, 2.45) is 5.41 Å². The first kappa shape index (κ1) is 14.5. The van der Waals surface area contributed by atoms with Crippen LogP contribution in [0.4, 0.5) is 0 Å². The third kappa shape index (κ3) is 4.05. The van der Waals surface area contributed by atoms with Gasteiger partial charge < -0.3 is 10.1 Å². The van der Waals surface area contributed by atoms with Crippen LogP contribution in [-0.2, 0) is 11.2 Å². The average Bonchev–Trinajstić information content (AvgIpc) is 2.96. The number of hydrogen-bond acceptors (Lipinski definition) is 3. The Kier molecular flexibility index (Phi) is 5.67. The second-order valence-electron chi connectivity index (χ2n) is 5.28. The van der Waals surface area contributed by atoms with Crippen LogP contribution < -0.4 is 5.32 Å². The van der Waals surface area contributed by atoms with Gasteiger partial charge in [0.05, 0.1) is 6.61 Å². The van der Waals surface area contributed by atoms with E-state index in [1.165, 1.54) is 41.5 Å². The molecule has 1 aliphatic rings. The molecule has 0 atom stereocenters. The summed E-state index contributed by atoms with van der Waals surface area (Å²) in [6, 6.07) is 2.28. The predicted octanol–water partition coefficient (Wildman–Crippen LogP) is 3.85. The highest BCUT2D eigenvalue weighted by molar-refractivity contribution is 9.10. The van der Waals surface area contributed by atoms with E-state index in [1.807, 2.05) is 11.3 Å². The number of halogens is 1. The maximum absolute atomic E-state index is 5.09. The highest BCUT2D eigenvalue weighted by atomic mass is 79.9. The molecular formula is C14H22BrNOS. The van der Waals surface area contributed by atoms with Gasteiger partial charge in [0.15, 0.2) is 0 Å². The maximum Gasteiger partial charge on any atom is 0.0587 e. The molecule has 1 aromatic rings.